The van der Waals surface area contributed by atoms with Crippen LogP contribution in [0.25, 0.3) is 28.2 Å². The lowest BCUT2D eigenvalue weighted by Gasteiger charge is -2.27. The number of aromatic nitrogens is 5. The van der Waals surface area contributed by atoms with Crippen molar-refractivity contribution in [3.8, 4) is 22.5 Å². The Morgan fingerprint density at radius 3 is 2.53 bits per heavy atom. The number of fused-ring (bicyclic) bond motifs is 1. The van der Waals surface area contributed by atoms with Gasteiger partial charge in [0, 0.05) is 34.5 Å². The minimum absolute atomic E-state index is 0.0109. The monoisotopic (exact) mass is 434 g/mol. The van der Waals surface area contributed by atoms with Gasteiger partial charge in [0.25, 0.3) is 0 Å². The molecule has 0 saturated heterocycles. The lowest BCUT2D eigenvalue weighted by molar-refractivity contribution is 0.230. The molecule has 4 rings (SSSR count). The van der Waals surface area contributed by atoms with E-state index in [-0.39, 0.29) is 17.8 Å². The second-order valence-corrected chi connectivity index (χ2v) is 8.59. The van der Waals surface area contributed by atoms with Gasteiger partial charge in [-0.2, -0.15) is 10.2 Å². The minimum atomic E-state index is -0.178. The van der Waals surface area contributed by atoms with E-state index in [0.717, 1.165) is 52.4 Å². The number of nitrogens with zero attached hydrogens (tertiary/aromatic N) is 5. The van der Waals surface area contributed by atoms with Crippen molar-refractivity contribution in [2.75, 3.05) is 13.1 Å². The summed E-state index contributed by atoms with van der Waals surface area (Å²) in [4.78, 5) is 6.56. The normalized spacial score (nSPS) is 12.9. The van der Waals surface area contributed by atoms with Gasteiger partial charge in [-0.15, -0.1) is 0 Å². The van der Waals surface area contributed by atoms with Crippen molar-refractivity contribution < 1.29 is 4.39 Å². The van der Waals surface area contributed by atoms with Crippen LogP contribution in [-0.4, -0.2) is 42.8 Å². The maximum atomic E-state index is 14.8. The number of hydrogen-bond donors (Lipinski definition) is 1. The zero-order valence-corrected chi connectivity index (χ0v) is 19.6. The largest absolute Gasteiger partial charge is 0.297 e. The number of halogens is 1. The highest BCUT2D eigenvalue weighted by atomic mass is 19.1. The average Bonchev–Trinajstić information content (AvgIpc) is 3.42. The van der Waals surface area contributed by atoms with Gasteiger partial charge in [0.2, 0.25) is 0 Å². The van der Waals surface area contributed by atoms with Crippen molar-refractivity contribution in [2.24, 2.45) is 0 Å². The predicted octanol–water partition coefficient (Wildman–Crippen LogP) is 5.76. The van der Waals surface area contributed by atoms with Gasteiger partial charge >= 0.3 is 0 Å². The van der Waals surface area contributed by atoms with Crippen molar-refractivity contribution in [3.05, 3.63) is 59.3 Å². The summed E-state index contributed by atoms with van der Waals surface area (Å²) in [6.45, 7) is 14.3. The van der Waals surface area contributed by atoms with E-state index in [4.69, 9.17) is 5.10 Å². The summed E-state index contributed by atoms with van der Waals surface area (Å²) in [6.07, 6.45) is 3.53. The Hall–Kier alpha value is -3.06. The summed E-state index contributed by atoms with van der Waals surface area (Å²) in [5.41, 5.74) is 7.43. The molecule has 0 amide bonds. The van der Waals surface area contributed by atoms with Crippen molar-refractivity contribution in [3.63, 3.8) is 0 Å². The average molecular weight is 435 g/mol. The molecule has 3 heterocycles. The predicted molar refractivity (Wildman–Crippen MR) is 126 cm³/mol. The van der Waals surface area contributed by atoms with Crippen molar-refractivity contribution in [1.82, 2.24) is 29.7 Å². The highest BCUT2D eigenvalue weighted by Crippen LogP contribution is 2.37. The lowest BCUT2D eigenvalue weighted by Crippen LogP contribution is -2.27. The first-order valence-corrected chi connectivity index (χ1v) is 11.3. The molecule has 32 heavy (non-hydrogen) atoms. The van der Waals surface area contributed by atoms with Crippen LogP contribution in [0, 0.1) is 12.7 Å². The summed E-state index contributed by atoms with van der Waals surface area (Å²) in [6, 6.07) is 7.44. The lowest BCUT2D eigenvalue weighted by atomic mass is 9.92. The molecule has 0 saturated carbocycles. The van der Waals surface area contributed by atoms with Gasteiger partial charge in [0.15, 0.2) is 5.65 Å². The number of rotatable bonds is 7. The number of pyridine rings is 1. The van der Waals surface area contributed by atoms with E-state index in [1.165, 1.54) is 0 Å². The summed E-state index contributed by atoms with van der Waals surface area (Å²) < 4.78 is 16.6. The molecule has 168 valence electrons. The molecule has 7 heteroatoms. The molecule has 0 aliphatic heterocycles. The fraction of sp³-hybridized carbons (Fsp3) is 0.400. The van der Waals surface area contributed by atoms with Crippen LogP contribution in [0.1, 0.15) is 63.3 Å². The SMILES string of the molecule is CCN(CC)C(C)c1cc(-c2n[nH]c(-c3cc(C)c4ncnn4c3)c2C(C)C)ccc1F. The third-order valence-electron chi connectivity index (χ3n) is 6.31. The number of nitrogens with one attached hydrogen (secondary N) is 1. The molecule has 0 radical (unpaired) electrons. The molecule has 3 aromatic heterocycles. The maximum Gasteiger partial charge on any atom is 0.158 e. The Morgan fingerprint density at radius 1 is 1.09 bits per heavy atom. The highest BCUT2D eigenvalue weighted by Gasteiger charge is 2.23. The fourth-order valence-electron chi connectivity index (χ4n) is 4.56. The number of hydrogen-bond acceptors (Lipinski definition) is 4. The van der Waals surface area contributed by atoms with Crippen LogP contribution in [0.3, 0.4) is 0 Å². The number of aromatic amines is 1. The highest BCUT2D eigenvalue weighted by molar-refractivity contribution is 5.76. The summed E-state index contributed by atoms with van der Waals surface area (Å²) in [7, 11) is 0. The molecule has 1 unspecified atom stereocenters. The third kappa shape index (κ3) is 3.81. The standard InChI is InChI=1S/C25H31FN6/c1-7-31(8-2)17(6)20-12-18(9-10-21(20)26)23-22(15(3)4)24(30-29-23)19-11-16(5)25-27-14-28-32(25)13-19/h9-15,17H,7-8H2,1-6H3,(H,29,30). The summed E-state index contributed by atoms with van der Waals surface area (Å²) in [5, 5.41) is 12.2. The quantitative estimate of drug-likeness (QED) is 0.402. The van der Waals surface area contributed by atoms with E-state index < -0.39 is 0 Å². The third-order valence-corrected chi connectivity index (χ3v) is 6.31. The Kier molecular flexibility index (Phi) is 6.11. The molecule has 0 fully saturated rings. The first kappa shape index (κ1) is 22.1. The molecular formula is C25H31FN6. The van der Waals surface area contributed by atoms with Gasteiger partial charge in [0.1, 0.15) is 12.1 Å². The topological polar surface area (TPSA) is 62.1 Å². The Balaban J connectivity index is 1.83. The molecule has 1 atom stereocenters. The second-order valence-electron chi connectivity index (χ2n) is 8.59. The van der Waals surface area contributed by atoms with Crippen molar-refractivity contribution in [2.45, 2.75) is 53.5 Å². The molecule has 0 bridgehead atoms. The smallest absolute Gasteiger partial charge is 0.158 e. The van der Waals surface area contributed by atoms with Crippen LogP contribution in [0.4, 0.5) is 4.39 Å². The molecule has 1 N–H and O–H groups in total. The van der Waals surface area contributed by atoms with Gasteiger partial charge in [0.05, 0.1) is 11.4 Å². The minimum Gasteiger partial charge on any atom is -0.297 e. The Bertz CT molecular complexity index is 1230. The van der Waals surface area contributed by atoms with Crippen LogP contribution in [-0.2, 0) is 0 Å². The molecule has 0 spiro atoms. The van der Waals surface area contributed by atoms with Crippen LogP contribution in [0.2, 0.25) is 0 Å². The van der Waals surface area contributed by atoms with Crippen LogP contribution < -0.4 is 0 Å². The molecular weight excluding hydrogens is 403 g/mol. The van der Waals surface area contributed by atoms with Crippen molar-refractivity contribution >= 4 is 5.65 Å². The van der Waals surface area contributed by atoms with E-state index >= 15 is 0 Å². The maximum absolute atomic E-state index is 14.8. The van der Waals surface area contributed by atoms with E-state index in [9.17, 15) is 4.39 Å². The number of benzene rings is 1. The first-order valence-electron chi connectivity index (χ1n) is 11.3. The second kappa shape index (κ2) is 8.82. The molecule has 1 aromatic carbocycles. The Morgan fingerprint density at radius 2 is 1.84 bits per heavy atom. The van der Waals surface area contributed by atoms with Crippen LogP contribution in [0.5, 0.6) is 0 Å². The van der Waals surface area contributed by atoms with E-state index in [1.54, 1.807) is 16.9 Å². The molecule has 0 aliphatic carbocycles. The van der Waals surface area contributed by atoms with E-state index in [1.807, 2.05) is 25.3 Å². The van der Waals surface area contributed by atoms with Gasteiger partial charge in [-0.25, -0.2) is 13.9 Å². The Labute approximate surface area is 188 Å². The molecule has 0 aliphatic rings. The zero-order chi connectivity index (χ0) is 23.0. The van der Waals surface area contributed by atoms with Gasteiger partial charge in [-0.1, -0.05) is 27.7 Å². The number of H-pyrrole nitrogens is 1. The first-order chi connectivity index (χ1) is 15.3. The molecule has 6 nitrogen and oxygen atoms in total. The van der Waals surface area contributed by atoms with E-state index in [2.05, 4.69) is 60.8 Å². The number of aryl methyl sites for hydroxylation is 1. The van der Waals surface area contributed by atoms with Gasteiger partial charge in [-0.05, 0) is 62.7 Å². The summed E-state index contributed by atoms with van der Waals surface area (Å²) >= 11 is 0. The van der Waals surface area contributed by atoms with Gasteiger partial charge in [-0.3, -0.25) is 10.00 Å². The molecule has 4 aromatic rings. The van der Waals surface area contributed by atoms with Crippen LogP contribution >= 0.6 is 0 Å². The van der Waals surface area contributed by atoms with Crippen LogP contribution in [0.15, 0.2) is 36.8 Å². The fourth-order valence-corrected chi connectivity index (χ4v) is 4.56. The summed E-state index contributed by atoms with van der Waals surface area (Å²) in [5.74, 6) is 0.0430. The van der Waals surface area contributed by atoms with Gasteiger partial charge < -0.3 is 0 Å². The van der Waals surface area contributed by atoms with Crippen molar-refractivity contribution in [1.29, 1.82) is 0 Å². The van der Waals surface area contributed by atoms with E-state index in [0.29, 0.717) is 5.56 Å². The zero-order valence-electron chi connectivity index (χ0n) is 19.6.